The van der Waals surface area contributed by atoms with Gasteiger partial charge in [-0.2, -0.15) is 13.2 Å². The molecule has 0 radical (unpaired) electrons. The molecule has 0 heterocycles. The Morgan fingerprint density at radius 1 is 1.30 bits per heavy atom. The fourth-order valence-electron chi connectivity index (χ4n) is 1.65. The summed E-state index contributed by atoms with van der Waals surface area (Å²) in [5.74, 6) is 0. The molecule has 0 aliphatic carbocycles. The van der Waals surface area contributed by atoms with Gasteiger partial charge in [0.15, 0.2) is 0 Å². The Balaban J connectivity index is 2.60. The number of nitrogens with zero attached hydrogens (tertiary/aromatic N) is 1. The van der Waals surface area contributed by atoms with Gasteiger partial charge >= 0.3 is 6.18 Å². The second-order valence-electron chi connectivity index (χ2n) is 4.41. The average Bonchev–Trinajstić information content (AvgIpc) is 2.37. The number of benzene rings is 1. The van der Waals surface area contributed by atoms with Gasteiger partial charge in [0.1, 0.15) is 0 Å². The number of methoxy groups -OCH3 is 1. The molecule has 0 aliphatic rings. The van der Waals surface area contributed by atoms with Gasteiger partial charge in [0.2, 0.25) is 0 Å². The van der Waals surface area contributed by atoms with E-state index in [1.807, 2.05) is 11.9 Å². The molecule has 0 atom stereocenters. The zero-order valence-corrected chi connectivity index (χ0v) is 13.0. The largest absolute Gasteiger partial charge is 0.418 e. The number of nitrogens with one attached hydrogen (secondary N) is 1. The maximum atomic E-state index is 12.9. The summed E-state index contributed by atoms with van der Waals surface area (Å²) in [5, 5.41) is 2.83. The standard InChI is InChI=1S/C13H18BrF3N2O/c1-19(7-8-20-2)6-5-18-12-4-3-10(14)9-11(12)13(15,16)17/h3-4,9,18H,5-8H2,1-2H3. The van der Waals surface area contributed by atoms with Gasteiger partial charge in [-0.3, -0.25) is 0 Å². The SMILES string of the molecule is COCCN(C)CCNc1ccc(Br)cc1C(F)(F)F. The van der Waals surface area contributed by atoms with Crippen LogP contribution in [-0.2, 0) is 10.9 Å². The van der Waals surface area contributed by atoms with Gasteiger partial charge in [-0.15, -0.1) is 0 Å². The van der Waals surface area contributed by atoms with Crippen molar-refractivity contribution in [1.82, 2.24) is 4.90 Å². The van der Waals surface area contributed by atoms with Crippen LogP contribution < -0.4 is 5.32 Å². The minimum Gasteiger partial charge on any atom is -0.383 e. The number of ether oxygens (including phenoxy) is 1. The van der Waals surface area contributed by atoms with Crippen LogP contribution >= 0.6 is 15.9 Å². The van der Waals surface area contributed by atoms with Crippen molar-refractivity contribution in [1.29, 1.82) is 0 Å². The second kappa shape index (κ2) is 7.85. The van der Waals surface area contributed by atoms with Crippen LogP contribution in [0.25, 0.3) is 0 Å². The first kappa shape index (κ1) is 17.3. The number of hydrogen-bond donors (Lipinski definition) is 1. The Labute approximate surface area is 125 Å². The smallest absolute Gasteiger partial charge is 0.383 e. The van der Waals surface area contributed by atoms with E-state index in [4.69, 9.17) is 4.74 Å². The van der Waals surface area contributed by atoms with Gasteiger partial charge in [-0.1, -0.05) is 15.9 Å². The van der Waals surface area contributed by atoms with Crippen LogP contribution in [0.4, 0.5) is 18.9 Å². The maximum Gasteiger partial charge on any atom is 0.418 e. The molecule has 7 heteroatoms. The number of hydrogen-bond acceptors (Lipinski definition) is 3. The van der Waals surface area contributed by atoms with Crippen molar-refractivity contribution in [2.75, 3.05) is 45.7 Å². The Hall–Kier alpha value is -0.790. The zero-order chi connectivity index (χ0) is 15.2. The predicted molar refractivity (Wildman–Crippen MR) is 77.0 cm³/mol. The summed E-state index contributed by atoms with van der Waals surface area (Å²) < 4.78 is 44.0. The van der Waals surface area contributed by atoms with Gasteiger partial charge in [0, 0.05) is 36.9 Å². The van der Waals surface area contributed by atoms with Gasteiger partial charge in [0.25, 0.3) is 0 Å². The molecule has 0 bridgehead atoms. The van der Waals surface area contributed by atoms with E-state index in [1.54, 1.807) is 13.2 Å². The van der Waals surface area contributed by atoms with Gasteiger partial charge in [0.05, 0.1) is 12.2 Å². The van der Waals surface area contributed by atoms with Crippen LogP contribution in [0.2, 0.25) is 0 Å². The highest BCUT2D eigenvalue weighted by atomic mass is 79.9. The molecule has 0 spiro atoms. The molecule has 1 N–H and O–H groups in total. The fraction of sp³-hybridized carbons (Fsp3) is 0.538. The molecule has 20 heavy (non-hydrogen) atoms. The van der Waals surface area contributed by atoms with Crippen LogP contribution in [0, 0.1) is 0 Å². The summed E-state index contributed by atoms with van der Waals surface area (Å²) in [7, 11) is 3.51. The lowest BCUT2D eigenvalue weighted by Gasteiger charge is -2.19. The van der Waals surface area contributed by atoms with E-state index in [2.05, 4.69) is 21.2 Å². The topological polar surface area (TPSA) is 24.5 Å². The van der Waals surface area contributed by atoms with Crippen molar-refractivity contribution in [3.63, 3.8) is 0 Å². The summed E-state index contributed by atoms with van der Waals surface area (Å²) in [6, 6.07) is 4.10. The van der Waals surface area contributed by atoms with Gasteiger partial charge < -0.3 is 15.0 Å². The molecule has 3 nitrogen and oxygen atoms in total. The van der Waals surface area contributed by atoms with Gasteiger partial charge in [-0.05, 0) is 25.2 Å². The average molecular weight is 355 g/mol. The lowest BCUT2D eigenvalue weighted by atomic mass is 10.1. The zero-order valence-electron chi connectivity index (χ0n) is 11.4. The van der Waals surface area contributed by atoms with Crippen LogP contribution in [-0.4, -0.2) is 45.3 Å². The monoisotopic (exact) mass is 354 g/mol. The Bertz CT molecular complexity index is 427. The Kier molecular flexibility index (Phi) is 6.78. The lowest BCUT2D eigenvalue weighted by Crippen LogP contribution is -2.28. The normalized spacial score (nSPS) is 11.9. The molecule has 114 valence electrons. The molecule has 0 aliphatic heterocycles. The van der Waals surface area contributed by atoms with E-state index in [-0.39, 0.29) is 5.69 Å². The van der Waals surface area contributed by atoms with E-state index >= 15 is 0 Å². The fourth-order valence-corrected chi connectivity index (χ4v) is 2.01. The van der Waals surface area contributed by atoms with Crippen molar-refractivity contribution in [3.8, 4) is 0 Å². The Morgan fingerprint density at radius 2 is 2.00 bits per heavy atom. The molecule has 0 saturated carbocycles. The molecular formula is C13H18BrF3N2O. The molecule has 0 unspecified atom stereocenters. The number of alkyl halides is 3. The number of halogens is 4. The minimum absolute atomic E-state index is 0.0980. The Morgan fingerprint density at radius 3 is 2.60 bits per heavy atom. The quantitative estimate of drug-likeness (QED) is 0.811. The third-order valence-electron chi connectivity index (χ3n) is 2.77. The van der Waals surface area contributed by atoms with E-state index < -0.39 is 11.7 Å². The first-order chi connectivity index (χ1) is 9.34. The summed E-state index contributed by atoms with van der Waals surface area (Å²) in [4.78, 5) is 1.99. The van der Waals surface area contributed by atoms with Crippen LogP contribution in [0.5, 0.6) is 0 Å². The predicted octanol–water partition coefficient (Wildman–Crippen LogP) is 3.46. The maximum absolute atomic E-state index is 12.9. The number of anilines is 1. The van der Waals surface area contributed by atoms with Gasteiger partial charge in [-0.25, -0.2) is 0 Å². The molecule has 0 aromatic heterocycles. The first-order valence-corrected chi connectivity index (χ1v) is 6.92. The van der Waals surface area contributed by atoms with Crippen molar-refractivity contribution in [2.45, 2.75) is 6.18 Å². The van der Waals surface area contributed by atoms with Crippen molar-refractivity contribution >= 4 is 21.6 Å². The van der Waals surface area contributed by atoms with E-state index in [0.717, 1.165) is 12.6 Å². The molecule has 0 fully saturated rings. The summed E-state index contributed by atoms with van der Waals surface area (Å²) in [6.07, 6.45) is -4.37. The van der Waals surface area contributed by atoms with E-state index in [0.29, 0.717) is 24.2 Å². The van der Waals surface area contributed by atoms with Crippen LogP contribution in [0.3, 0.4) is 0 Å². The lowest BCUT2D eigenvalue weighted by molar-refractivity contribution is -0.137. The minimum atomic E-state index is -4.37. The van der Waals surface area contributed by atoms with E-state index in [1.165, 1.54) is 6.07 Å². The highest BCUT2D eigenvalue weighted by molar-refractivity contribution is 9.10. The van der Waals surface area contributed by atoms with E-state index in [9.17, 15) is 13.2 Å². The molecule has 1 aromatic carbocycles. The first-order valence-electron chi connectivity index (χ1n) is 6.12. The van der Waals surface area contributed by atoms with Crippen LogP contribution in [0.15, 0.2) is 22.7 Å². The third-order valence-corrected chi connectivity index (χ3v) is 3.27. The van der Waals surface area contributed by atoms with Crippen LogP contribution in [0.1, 0.15) is 5.56 Å². The van der Waals surface area contributed by atoms with Crippen molar-refractivity contribution in [3.05, 3.63) is 28.2 Å². The number of rotatable bonds is 7. The highest BCUT2D eigenvalue weighted by Gasteiger charge is 2.33. The molecule has 1 rings (SSSR count). The molecule has 0 saturated heterocycles. The van der Waals surface area contributed by atoms with Crippen molar-refractivity contribution < 1.29 is 17.9 Å². The van der Waals surface area contributed by atoms with Crippen molar-refractivity contribution in [2.24, 2.45) is 0 Å². The molecule has 1 aromatic rings. The molecular weight excluding hydrogens is 337 g/mol. The third kappa shape index (κ3) is 5.68. The number of likely N-dealkylation sites (N-methyl/N-ethyl adjacent to an activating group) is 1. The highest BCUT2D eigenvalue weighted by Crippen LogP contribution is 2.36. The summed E-state index contributed by atoms with van der Waals surface area (Å²) >= 11 is 3.06. The summed E-state index contributed by atoms with van der Waals surface area (Å²) in [6.45, 7) is 2.41. The second-order valence-corrected chi connectivity index (χ2v) is 5.33. The molecule has 0 amide bonds. The summed E-state index contributed by atoms with van der Waals surface area (Å²) in [5.41, 5.74) is -0.563.